The van der Waals surface area contributed by atoms with Gasteiger partial charge in [-0.25, -0.2) is 13.6 Å². The molecule has 0 saturated carbocycles. The summed E-state index contributed by atoms with van der Waals surface area (Å²) in [6, 6.07) is 8.49. The minimum Gasteiger partial charge on any atom is -0.452 e. The lowest BCUT2D eigenvalue weighted by Crippen LogP contribution is -2.21. The number of benzene rings is 2. The number of hydrogen-bond donors (Lipinski definition) is 1. The van der Waals surface area contributed by atoms with Gasteiger partial charge in [-0.05, 0) is 36.4 Å². The first-order valence-corrected chi connectivity index (χ1v) is 6.51. The summed E-state index contributed by atoms with van der Waals surface area (Å²) in [6.07, 6.45) is 0. The van der Waals surface area contributed by atoms with Crippen LogP contribution in [0.2, 0.25) is 5.02 Å². The monoisotopic (exact) mass is 325 g/mol. The molecular formula is C15H10ClF2NO3. The molecule has 4 nitrogen and oxygen atoms in total. The molecule has 7 heteroatoms. The number of rotatable bonds is 4. The maximum atomic E-state index is 13.4. The SMILES string of the molecule is O=C(COC(=O)c1cccc(F)c1)Nc1cc(Cl)ccc1F. The van der Waals surface area contributed by atoms with Crippen molar-refractivity contribution in [1.29, 1.82) is 0 Å². The van der Waals surface area contributed by atoms with Gasteiger partial charge >= 0.3 is 5.97 Å². The van der Waals surface area contributed by atoms with Crippen molar-refractivity contribution < 1.29 is 23.1 Å². The average Bonchev–Trinajstić information content (AvgIpc) is 2.48. The molecule has 1 amide bonds. The van der Waals surface area contributed by atoms with Crippen molar-refractivity contribution in [3.05, 3.63) is 64.7 Å². The van der Waals surface area contributed by atoms with Crippen LogP contribution < -0.4 is 5.32 Å². The van der Waals surface area contributed by atoms with Crippen molar-refractivity contribution in [2.24, 2.45) is 0 Å². The summed E-state index contributed by atoms with van der Waals surface area (Å²) in [5, 5.41) is 2.46. The predicted molar refractivity (Wildman–Crippen MR) is 76.7 cm³/mol. The molecule has 0 aliphatic heterocycles. The Balaban J connectivity index is 1.93. The van der Waals surface area contributed by atoms with Gasteiger partial charge in [0.05, 0.1) is 11.3 Å². The fourth-order valence-corrected chi connectivity index (χ4v) is 1.78. The van der Waals surface area contributed by atoms with Gasteiger partial charge in [-0.15, -0.1) is 0 Å². The van der Waals surface area contributed by atoms with E-state index in [-0.39, 0.29) is 16.3 Å². The molecule has 0 aromatic heterocycles. The van der Waals surface area contributed by atoms with E-state index in [0.29, 0.717) is 0 Å². The van der Waals surface area contributed by atoms with Crippen molar-refractivity contribution in [2.45, 2.75) is 0 Å². The highest BCUT2D eigenvalue weighted by molar-refractivity contribution is 6.30. The zero-order chi connectivity index (χ0) is 16.1. The molecule has 0 heterocycles. The van der Waals surface area contributed by atoms with Gasteiger partial charge < -0.3 is 10.1 Å². The molecule has 0 unspecified atom stereocenters. The van der Waals surface area contributed by atoms with Crippen molar-refractivity contribution in [3.8, 4) is 0 Å². The summed E-state index contributed by atoms with van der Waals surface area (Å²) in [4.78, 5) is 23.2. The highest BCUT2D eigenvalue weighted by Crippen LogP contribution is 2.19. The van der Waals surface area contributed by atoms with E-state index in [1.807, 2.05) is 0 Å². The second-order valence-electron chi connectivity index (χ2n) is 4.26. The molecule has 2 aromatic carbocycles. The van der Waals surface area contributed by atoms with Crippen LogP contribution in [0.15, 0.2) is 42.5 Å². The summed E-state index contributed by atoms with van der Waals surface area (Å²) in [5.41, 5.74) is -0.152. The molecule has 2 rings (SSSR count). The van der Waals surface area contributed by atoms with Crippen LogP contribution in [-0.2, 0) is 9.53 Å². The van der Waals surface area contributed by atoms with E-state index >= 15 is 0 Å². The number of nitrogens with one attached hydrogen (secondary N) is 1. The Morgan fingerprint density at radius 2 is 1.91 bits per heavy atom. The predicted octanol–water partition coefficient (Wildman–Crippen LogP) is 3.41. The third-order valence-corrected chi connectivity index (χ3v) is 2.83. The Bertz CT molecular complexity index is 722. The molecule has 0 fully saturated rings. The molecule has 0 aliphatic carbocycles. The van der Waals surface area contributed by atoms with Gasteiger partial charge in [-0.3, -0.25) is 4.79 Å². The summed E-state index contributed by atoms with van der Waals surface area (Å²) < 4.78 is 31.1. The third kappa shape index (κ3) is 4.26. The zero-order valence-electron chi connectivity index (χ0n) is 11.1. The van der Waals surface area contributed by atoms with Crippen molar-refractivity contribution >= 4 is 29.2 Å². The topological polar surface area (TPSA) is 55.4 Å². The number of anilines is 1. The van der Waals surface area contributed by atoms with Crippen LogP contribution in [0.5, 0.6) is 0 Å². The first-order chi connectivity index (χ1) is 10.5. The highest BCUT2D eigenvalue weighted by atomic mass is 35.5. The Hall–Kier alpha value is -2.47. The number of halogens is 3. The number of hydrogen-bond acceptors (Lipinski definition) is 3. The van der Waals surface area contributed by atoms with Crippen LogP contribution in [0.1, 0.15) is 10.4 Å². The number of esters is 1. The maximum Gasteiger partial charge on any atom is 0.338 e. The molecule has 22 heavy (non-hydrogen) atoms. The van der Waals surface area contributed by atoms with E-state index in [2.05, 4.69) is 5.32 Å². The smallest absolute Gasteiger partial charge is 0.338 e. The second kappa shape index (κ2) is 7.00. The van der Waals surface area contributed by atoms with Gasteiger partial charge in [-0.2, -0.15) is 0 Å². The largest absolute Gasteiger partial charge is 0.452 e. The minimum atomic E-state index is -0.860. The van der Waals surface area contributed by atoms with Gasteiger partial charge in [0.25, 0.3) is 5.91 Å². The van der Waals surface area contributed by atoms with Gasteiger partial charge in [-0.1, -0.05) is 17.7 Å². The van der Waals surface area contributed by atoms with Crippen molar-refractivity contribution in [2.75, 3.05) is 11.9 Å². The molecule has 0 saturated heterocycles. The van der Waals surface area contributed by atoms with E-state index in [9.17, 15) is 18.4 Å². The molecule has 0 aliphatic rings. The summed E-state index contributed by atoms with van der Waals surface area (Å²) in [5.74, 6) is -2.87. The first kappa shape index (κ1) is 15.9. The van der Waals surface area contributed by atoms with Crippen molar-refractivity contribution in [3.63, 3.8) is 0 Å². The van der Waals surface area contributed by atoms with Gasteiger partial charge in [0.1, 0.15) is 11.6 Å². The van der Waals surface area contributed by atoms with Crippen LogP contribution in [0.4, 0.5) is 14.5 Å². The Morgan fingerprint density at radius 3 is 2.64 bits per heavy atom. The Labute approximate surface area is 129 Å². The molecule has 2 aromatic rings. The number of ether oxygens (including phenoxy) is 1. The van der Waals surface area contributed by atoms with E-state index in [1.54, 1.807) is 0 Å². The third-order valence-electron chi connectivity index (χ3n) is 2.60. The van der Waals surface area contributed by atoms with E-state index in [4.69, 9.17) is 16.3 Å². The molecular weight excluding hydrogens is 316 g/mol. The lowest BCUT2D eigenvalue weighted by atomic mass is 10.2. The molecule has 0 radical (unpaired) electrons. The summed E-state index contributed by atoms with van der Waals surface area (Å²) >= 11 is 5.68. The van der Waals surface area contributed by atoms with E-state index in [1.165, 1.54) is 30.3 Å². The summed E-state index contributed by atoms with van der Waals surface area (Å²) in [7, 11) is 0. The first-order valence-electron chi connectivity index (χ1n) is 6.13. The van der Waals surface area contributed by atoms with E-state index < -0.39 is 30.1 Å². The summed E-state index contributed by atoms with van der Waals surface area (Å²) in [6.45, 7) is -0.638. The van der Waals surface area contributed by atoms with Crippen LogP contribution in [0.3, 0.4) is 0 Å². The standard InChI is InChI=1S/C15H10ClF2NO3/c16-10-4-5-12(18)13(7-10)19-14(20)8-22-15(21)9-2-1-3-11(17)6-9/h1-7H,8H2,(H,19,20). The number of amides is 1. The highest BCUT2D eigenvalue weighted by Gasteiger charge is 2.12. The van der Waals surface area contributed by atoms with Crippen LogP contribution >= 0.6 is 11.6 Å². The minimum absolute atomic E-state index is 0.0262. The van der Waals surface area contributed by atoms with Crippen LogP contribution in [0.25, 0.3) is 0 Å². The van der Waals surface area contributed by atoms with Gasteiger partial charge in [0.15, 0.2) is 6.61 Å². The molecule has 0 atom stereocenters. The molecule has 0 spiro atoms. The molecule has 1 N–H and O–H groups in total. The fraction of sp³-hybridized carbons (Fsp3) is 0.0667. The zero-order valence-corrected chi connectivity index (χ0v) is 11.9. The lowest BCUT2D eigenvalue weighted by molar-refractivity contribution is -0.119. The quantitative estimate of drug-likeness (QED) is 0.876. The molecule has 0 bridgehead atoms. The second-order valence-corrected chi connectivity index (χ2v) is 4.70. The van der Waals surface area contributed by atoms with Crippen LogP contribution in [-0.4, -0.2) is 18.5 Å². The fourth-order valence-electron chi connectivity index (χ4n) is 1.61. The van der Waals surface area contributed by atoms with E-state index in [0.717, 1.165) is 12.1 Å². The normalized spacial score (nSPS) is 10.1. The lowest BCUT2D eigenvalue weighted by Gasteiger charge is -2.08. The molecule has 114 valence electrons. The maximum absolute atomic E-state index is 13.4. The number of carbonyl (C=O) groups is 2. The van der Waals surface area contributed by atoms with Gasteiger partial charge in [0, 0.05) is 5.02 Å². The van der Waals surface area contributed by atoms with Gasteiger partial charge in [0.2, 0.25) is 0 Å². The Kier molecular flexibility index (Phi) is 5.06. The van der Waals surface area contributed by atoms with Crippen molar-refractivity contribution in [1.82, 2.24) is 0 Å². The number of carbonyl (C=O) groups excluding carboxylic acids is 2. The van der Waals surface area contributed by atoms with Crippen LogP contribution in [0, 0.1) is 11.6 Å². The Morgan fingerprint density at radius 1 is 1.14 bits per heavy atom. The average molecular weight is 326 g/mol.